The Kier molecular flexibility index (Phi) is 3.41. The topological polar surface area (TPSA) is 29.9 Å². The van der Waals surface area contributed by atoms with Crippen molar-refractivity contribution in [2.45, 2.75) is 19.4 Å². The molecule has 1 aromatic heterocycles. The van der Waals surface area contributed by atoms with Gasteiger partial charge in [0, 0.05) is 19.8 Å². The van der Waals surface area contributed by atoms with E-state index in [9.17, 15) is 0 Å². The lowest BCUT2D eigenvalue weighted by Crippen LogP contribution is -2.20. The first kappa shape index (κ1) is 12.2. The van der Waals surface area contributed by atoms with Crippen LogP contribution in [0.3, 0.4) is 0 Å². The summed E-state index contributed by atoms with van der Waals surface area (Å²) in [5.74, 6) is 0.626. The van der Waals surface area contributed by atoms with Crippen LogP contribution in [-0.2, 0) is 11.3 Å². The third-order valence-corrected chi connectivity index (χ3v) is 4.15. The van der Waals surface area contributed by atoms with Crippen LogP contribution in [0, 0.1) is 10.7 Å². The van der Waals surface area contributed by atoms with Crippen LogP contribution in [-0.4, -0.2) is 22.8 Å². The molecule has 0 amide bonds. The smallest absolute Gasteiger partial charge is 0.178 e. The standard InChI is InChI=1S/C13H15ClN2OS/c14-10-2-1-3-11-12(10)16(13(18)15-11)8-9-4-6-17-7-5-9/h1-3,9H,4-8H2,(H,15,18). The summed E-state index contributed by atoms with van der Waals surface area (Å²) in [6, 6.07) is 5.86. The van der Waals surface area contributed by atoms with E-state index in [1.54, 1.807) is 0 Å². The van der Waals surface area contributed by atoms with Crippen LogP contribution in [0.15, 0.2) is 18.2 Å². The number of ether oxygens (including phenoxy) is 1. The number of aromatic nitrogens is 2. The van der Waals surface area contributed by atoms with E-state index in [0.29, 0.717) is 5.92 Å². The first-order chi connectivity index (χ1) is 8.75. The van der Waals surface area contributed by atoms with Gasteiger partial charge in [0.05, 0.1) is 16.1 Å². The fourth-order valence-corrected chi connectivity index (χ4v) is 3.09. The van der Waals surface area contributed by atoms with Crippen LogP contribution in [0.5, 0.6) is 0 Å². The van der Waals surface area contributed by atoms with E-state index in [1.807, 2.05) is 18.2 Å². The number of para-hydroxylation sites is 1. The first-order valence-electron chi connectivity index (χ1n) is 6.20. The number of H-pyrrole nitrogens is 1. The maximum atomic E-state index is 6.28. The van der Waals surface area contributed by atoms with Gasteiger partial charge in [0.2, 0.25) is 0 Å². The Balaban J connectivity index is 2.00. The molecule has 2 aromatic rings. The minimum Gasteiger partial charge on any atom is -0.381 e. The summed E-state index contributed by atoms with van der Waals surface area (Å²) in [5, 5.41) is 0.756. The third-order valence-electron chi connectivity index (χ3n) is 3.53. The van der Waals surface area contributed by atoms with Crippen molar-refractivity contribution in [3.8, 4) is 0 Å². The molecule has 1 aromatic carbocycles. The highest BCUT2D eigenvalue weighted by molar-refractivity contribution is 7.71. The molecule has 1 saturated heterocycles. The Labute approximate surface area is 116 Å². The maximum Gasteiger partial charge on any atom is 0.178 e. The third kappa shape index (κ3) is 2.20. The highest BCUT2D eigenvalue weighted by Gasteiger charge is 2.17. The summed E-state index contributed by atoms with van der Waals surface area (Å²) in [7, 11) is 0. The number of nitrogens with one attached hydrogen (secondary N) is 1. The monoisotopic (exact) mass is 282 g/mol. The molecular weight excluding hydrogens is 268 g/mol. The van der Waals surface area contributed by atoms with Crippen molar-refractivity contribution in [3.05, 3.63) is 28.0 Å². The normalized spacial score (nSPS) is 17.4. The van der Waals surface area contributed by atoms with Gasteiger partial charge in [-0.15, -0.1) is 0 Å². The van der Waals surface area contributed by atoms with E-state index in [1.165, 1.54) is 0 Å². The van der Waals surface area contributed by atoms with Crippen LogP contribution >= 0.6 is 23.8 Å². The van der Waals surface area contributed by atoms with E-state index >= 15 is 0 Å². The van der Waals surface area contributed by atoms with Crippen molar-refractivity contribution in [2.24, 2.45) is 5.92 Å². The molecule has 1 N–H and O–H groups in total. The van der Waals surface area contributed by atoms with Gasteiger partial charge in [-0.1, -0.05) is 17.7 Å². The molecule has 0 atom stereocenters. The molecule has 0 saturated carbocycles. The van der Waals surface area contributed by atoms with E-state index in [2.05, 4.69) is 9.55 Å². The highest BCUT2D eigenvalue weighted by atomic mass is 35.5. The van der Waals surface area contributed by atoms with Crippen LogP contribution < -0.4 is 0 Å². The molecule has 0 radical (unpaired) electrons. The minimum atomic E-state index is 0.626. The summed E-state index contributed by atoms with van der Waals surface area (Å²) in [5.41, 5.74) is 2.04. The molecule has 5 heteroatoms. The number of aromatic amines is 1. The van der Waals surface area contributed by atoms with Crippen LogP contribution in [0.2, 0.25) is 5.02 Å². The first-order valence-corrected chi connectivity index (χ1v) is 6.99. The number of imidazole rings is 1. The lowest BCUT2D eigenvalue weighted by molar-refractivity contribution is 0.0615. The van der Waals surface area contributed by atoms with Gasteiger partial charge in [0.15, 0.2) is 4.77 Å². The maximum absolute atomic E-state index is 6.28. The molecular formula is C13H15ClN2OS. The van der Waals surface area contributed by atoms with Crippen molar-refractivity contribution < 1.29 is 4.74 Å². The molecule has 3 nitrogen and oxygen atoms in total. The van der Waals surface area contributed by atoms with E-state index in [0.717, 1.165) is 53.4 Å². The second kappa shape index (κ2) is 5.03. The van der Waals surface area contributed by atoms with Gasteiger partial charge < -0.3 is 14.3 Å². The Bertz CT molecular complexity index is 613. The zero-order chi connectivity index (χ0) is 12.5. The molecule has 0 unspecified atom stereocenters. The van der Waals surface area contributed by atoms with Gasteiger partial charge in [-0.05, 0) is 43.1 Å². The Morgan fingerprint density at radius 1 is 1.39 bits per heavy atom. The van der Waals surface area contributed by atoms with Gasteiger partial charge in [-0.3, -0.25) is 0 Å². The predicted molar refractivity (Wildman–Crippen MR) is 75.7 cm³/mol. The van der Waals surface area contributed by atoms with Crippen molar-refractivity contribution in [1.29, 1.82) is 0 Å². The van der Waals surface area contributed by atoms with Crippen LogP contribution in [0.1, 0.15) is 12.8 Å². The summed E-state index contributed by atoms with van der Waals surface area (Å²) >= 11 is 11.7. The molecule has 0 aliphatic carbocycles. The molecule has 3 rings (SSSR count). The number of halogens is 1. The highest BCUT2D eigenvalue weighted by Crippen LogP contribution is 2.26. The average molecular weight is 283 g/mol. The van der Waals surface area contributed by atoms with Crippen LogP contribution in [0.25, 0.3) is 11.0 Å². The van der Waals surface area contributed by atoms with Gasteiger partial charge in [0.1, 0.15) is 0 Å². The molecule has 1 aliphatic heterocycles. The lowest BCUT2D eigenvalue weighted by Gasteiger charge is -2.22. The SMILES string of the molecule is S=c1[nH]c2cccc(Cl)c2n1CC1CCOCC1. The number of rotatable bonds is 2. The quantitative estimate of drug-likeness (QED) is 0.850. The van der Waals surface area contributed by atoms with Crippen molar-refractivity contribution >= 4 is 34.9 Å². The average Bonchev–Trinajstić information content (AvgIpc) is 2.69. The van der Waals surface area contributed by atoms with Gasteiger partial charge in [-0.25, -0.2) is 0 Å². The summed E-state index contributed by atoms with van der Waals surface area (Å²) < 4.78 is 8.27. The summed E-state index contributed by atoms with van der Waals surface area (Å²) in [6.45, 7) is 2.63. The van der Waals surface area contributed by atoms with Crippen LogP contribution in [0.4, 0.5) is 0 Å². The number of hydrogen-bond acceptors (Lipinski definition) is 2. The number of nitrogens with zero attached hydrogens (tertiary/aromatic N) is 1. The van der Waals surface area contributed by atoms with E-state index < -0.39 is 0 Å². The lowest BCUT2D eigenvalue weighted by atomic mass is 10.0. The largest absolute Gasteiger partial charge is 0.381 e. The molecule has 18 heavy (non-hydrogen) atoms. The van der Waals surface area contributed by atoms with E-state index in [4.69, 9.17) is 28.6 Å². The van der Waals surface area contributed by atoms with Gasteiger partial charge in [-0.2, -0.15) is 0 Å². The molecule has 0 spiro atoms. The number of hydrogen-bond donors (Lipinski definition) is 1. The molecule has 1 aliphatic rings. The fraction of sp³-hybridized carbons (Fsp3) is 0.462. The van der Waals surface area contributed by atoms with E-state index in [-0.39, 0.29) is 0 Å². The second-order valence-corrected chi connectivity index (χ2v) is 5.53. The fourth-order valence-electron chi connectivity index (χ4n) is 2.54. The van der Waals surface area contributed by atoms with Gasteiger partial charge in [0.25, 0.3) is 0 Å². The summed E-state index contributed by atoms with van der Waals surface area (Å²) in [6.07, 6.45) is 2.19. The molecule has 96 valence electrons. The summed E-state index contributed by atoms with van der Waals surface area (Å²) in [4.78, 5) is 3.22. The Hall–Kier alpha value is -0.840. The zero-order valence-corrected chi connectivity index (χ0v) is 11.6. The number of fused-ring (bicyclic) bond motifs is 1. The molecule has 1 fully saturated rings. The number of benzene rings is 1. The Morgan fingerprint density at radius 3 is 2.94 bits per heavy atom. The van der Waals surface area contributed by atoms with Crippen molar-refractivity contribution in [3.63, 3.8) is 0 Å². The van der Waals surface area contributed by atoms with Gasteiger partial charge >= 0.3 is 0 Å². The molecule has 2 heterocycles. The molecule has 0 bridgehead atoms. The Morgan fingerprint density at radius 2 is 2.17 bits per heavy atom. The van der Waals surface area contributed by atoms with Crippen molar-refractivity contribution in [2.75, 3.05) is 13.2 Å². The predicted octanol–water partition coefficient (Wildman–Crippen LogP) is 3.78. The van der Waals surface area contributed by atoms with Crippen molar-refractivity contribution in [1.82, 2.24) is 9.55 Å². The minimum absolute atomic E-state index is 0.626. The second-order valence-electron chi connectivity index (χ2n) is 4.73. The zero-order valence-electron chi connectivity index (χ0n) is 9.99.